The van der Waals surface area contributed by atoms with Crippen LogP contribution in [0.2, 0.25) is 0 Å². The molecule has 19 heavy (non-hydrogen) atoms. The van der Waals surface area contributed by atoms with Crippen molar-refractivity contribution in [1.82, 2.24) is 4.90 Å². The van der Waals surface area contributed by atoms with E-state index < -0.39 is 12.2 Å². The summed E-state index contributed by atoms with van der Waals surface area (Å²) >= 11 is 0. The van der Waals surface area contributed by atoms with Gasteiger partial charge in [0.25, 0.3) is 0 Å². The largest absolute Gasteiger partial charge is 0.396 e. The maximum absolute atomic E-state index is 9.79. The number of nitrogens with zero attached hydrogens (tertiary/aromatic N) is 1. The lowest BCUT2D eigenvalue weighted by molar-refractivity contribution is -0.0863. The highest BCUT2D eigenvalue weighted by Gasteiger charge is 2.33. The van der Waals surface area contributed by atoms with Crippen molar-refractivity contribution in [3.8, 4) is 0 Å². The Kier molecular flexibility index (Phi) is 6.07. The molecule has 1 saturated heterocycles. The van der Waals surface area contributed by atoms with Gasteiger partial charge in [-0.15, -0.1) is 0 Å². The minimum absolute atomic E-state index is 0.0443. The van der Waals surface area contributed by atoms with E-state index in [4.69, 9.17) is 0 Å². The maximum Gasteiger partial charge on any atom is 0.0929 e. The van der Waals surface area contributed by atoms with Crippen LogP contribution in [0.4, 0.5) is 0 Å². The zero-order valence-electron chi connectivity index (χ0n) is 11.9. The summed E-state index contributed by atoms with van der Waals surface area (Å²) in [6.45, 7) is 2.19. The van der Waals surface area contributed by atoms with Crippen LogP contribution in [0.5, 0.6) is 0 Å². The van der Waals surface area contributed by atoms with E-state index in [-0.39, 0.29) is 12.5 Å². The molecule has 1 saturated carbocycles. The molecule has 2 aliphatic rings. The smallest absolute Gasteiger partial charge is 0.0929 e. The third-order valence-corrected chi connectivity index (χ3v) is 4.86. The van der Waals surface area contributed by atoms with Crippen LogP contribution in [0.1, 0.15) is 44.9 Å². The number of aliphatic hydroxyl groups excluding tert-OH is 3. The molecule has 0 aromatic carbocycles. The fraction of sp³-hybridized carbons (Fsp3) is 1.00. The quantitative estimate of drug-likeness (QED) is 0.698. The van der Waals surface area contributed by atoms with Gasteiger partial charge in [-0.05, 0) is 25.3 Å². The average molecular weight is 271 g/mol. The highest BCUT2D eigenvalue weighted by Crippen LogP contribution is 2.27. The molecule has 0 spiro atoms. The van der Waals surface area contributed by atoms with Crippen molar-refractivity contribution in [1.29, 1.82) is 0 Å². The van der Waals surface area contributed by atoms with Gasteiger partial charge in [-0.25, -0.2) is 0 Å². The first kappa shape index (κ1) is 15.2. The van der Waals surface area contributed by atoms with E-state index in [9.17, 15) is 15.3 Å². The molecule has 0 aromatic rings. The van der Waals surface area contributed by atoms with Gasteiger partial charge in [0.1, 0.15) is 0 Å². The van der Waals surface area contributed by atoms with Crippen molar-refractivity contribution >= 4 is 0 Å². The second kappa shape index (κ2) is 7.58. The number of rotatable bonds is 5. The van der Waals surface area contributed by atoms with E-state index in [0.29, 0.717) is 13.1 Å². The summed E-state index contributed by atoms with van der Waals surface area (Å²) in [5.41, 5.74) is 0. The number of piperidine rings is 1. The van der Waals surface area contributed by atoms with Gasteiger partial charge < -0.3 is 20.2 Å². The molecule has 4 nitrogen and oxygen atoms in total. The van der Waals surface area contributed by atoms with E-state index in [1.54, 1.807) is 0 Å². The fourth-order valence-corrected chi connectivity index (χ4v) is 3.63. The Morgan fingerprint density at radius 2 is 1.74 bits per heavy atom. The van der Waals surface area contributed by atoms with E-state index in [1.165, 1.54) is 44.9 Å². The third-order valence-electron chi connectivity index (χ3n) is 4.86. The molecule has 4 heteroatoms. The van der Waals surface area contributed by atoms with Gasteiger partial charge in [0.2, 0.25) is 0 Å². The molecule has 3 atom stereocenters. The predicted octanol–water partition coefficient (Wildman–Crippen LogP) is 0.993. The minimum atomic E-state index is -0.764. The number of hydrogen-bond acceptors (Lipinski definition) is 4. The lowest BCUT2D eigenvalue weighted by Gasteiger charge is -2.38. The maximum atomic E-state index is 9.79. The fourth-order valence-electron chi connectivity index (χ4n) is 3.63. The lowest BCUT2D eigenvalue weighted by Crippen LogP contribution is -2.53. The van der Waals surface area contributed by atoms with Crippen LogP contribution < -0.4 is 0 Å². The standard InChI is InChI=1S/C15H29NO3/c17-11-13-9-16(10-14(18)15(13)19)8-4-7-12-5-2-1-3-6-12/h12-15,17-19H,1-11H2/t13-,14-,15-/m0/s1. The minimum Gasteiger partial charge on any atom is -0.396 e. The molecular weight excluding hydrogens is 242 g/mol. The summed E-state index contributed by atoms with van der Waals surface area (Å²) in [6.07, 6.45) is 7.97. The normalized spacial score (nSPS) is 34.6. The Labute approximate surface area is 116 Å². The van der Waals surface area contributed by atoms with E-state index >= 15 is 0 Å². The molecule has 1 heterocycles. The summed E-state index contributed by atoms with van der Waals surface area (Å²) < 4.78 is 0. The zero-order valence-corrected chi connectivity index (χ0v) is 11.9. The van der Waals surface area contributed by atoms with E-state index in [0.717, 1.165) is 12.5 Å². The van der Waals surface area contributed by atoms with Gasteiger partial charge in [-0.3, -0.25) is 0 Å². The Morgan fingerprint density at radius 1 is 1.00 bits per heavy atom. The van der Waals surface area contributed by atoms with Crippen LogP contribution in [0.15, 0.2) is 0 Å². The lowest BCUT2D eigenvalue weighted by atomic mass is 9.86. The van der Waals surface area contributed by atoms with Crippen molar-refractivity contribution < 1.29 is 15.3 Å². The van der Waals surface area contributed by atoms with Gasteiger partial charge >= 0.3 is 0 Å². The van der Waals surface area contributed by atoms with Gasteiger partial charge in [0.15, 0.2) is 0 Å². The van der Waals surface area contributed by atoms with Crippen molar-refractivity contribution in [2.75, 3.05) is 26.2 Å². The van der Waals surface area contributed by atoms with Crippen LogP contribution in [0.3, 0.4) is 0 Å². The van der Waals surface area contributed by atoms with Gasteiger partial charge in [0.05, 0.1) is 12.2 Å². The molecule has 1 aliphatic carbocycles. The molecule has 1 aliphatic heterocycles. The molecule has 2 rings (SSSR count). The van der Waals surface area contributed by atoms with Crippen LogP contribution in [0.25, 0.3) is 0 Å². The summed E-state index contributed by atoms with van der Waals surface area (Å²) in [6, 6.07) is 0. The van der Waals surface area contributed by atoms with Gasteiger partial charge in [-0.2, -0.15) is 0 Å². The van der Waals surface area contributed by atoms with Crippen LogP contribution in [-0.2, 0) is 0 Å². The third kappa shape index (κ3) is 4.42. The number of β-amino-alcohol motifs (C(OH)–C–C–N with tert-alkyl or cyclic N) is 1. The highest BCUT2D eigenvalue weighted by atomic mass is 16.3. The molecule has 0 bridgehead atoms. The number of hydrogen-bond donors (Lipinski definition) is 3. The van der Waals surface area contributed by atoms with Crippen molar-refractivity contribution in [2.24, 2.45) is 11.8 Å². The van der Waals surface area contributed by atoms with Crippen LogP contribution in [0, 0.1) is 11.8 Å². The number of likely N-dealkylation sites (tertiary alicyclic amines) is 1. The van der Waals surface area contributed by atoms with Crippen molar-refractivity contribution in [2.45, 2.75) is 57.2 Å². The topological polar surface area (TPSA) is 63.9 Å². The Balaban J connectivity index is 1.67. The molecule has 112 valence electrons. The van der Waals surface area contributed by atoms with E-state index in [1.807, 2.05) is 0 Å². The second-order valence-corrected chi connectivity index (χ2v) is 6.41. The number of aliphatic hydroxyl groups is 3. The van der Waals surface area contributed by atoms with E-state index in [2.05, 4.69) is 4.90 Å². The Bertz CT molecular complexity index is 256. The van der Waals surface area contributed by atoms with Gasteiger partial charge in [0, 0.05) is 25.6 Å². The Hall–Kier alpha value is -0.160. The first-order valence-electron chi connectivity index (χ1n) is 7.90. The van der Waals surface area contributed by atoms with Crippen molar-refractivity contribution in [3.05, 3.63) is 0 Å². The predicted molar refractivity (Wildman–Crippen MR) is 74.8 cm³/mol. The van der Waals surface area contributed by atoms with Gasteiger partial charge in [-0.1, -0.05) is 32.1 Å². The average Bonchev–Trinajstić information content (AvgIpc) is 2.43. The Morgan fingerprint density at radius 3 is 2.42 bits per heavy atom. The molecule has 0 amide bonds. The first-order valence-corrected chi connectivity index (χ1v) is 7.90. The molecule has 0 radical (unpaired) electrons. The molecule has 3 N–H and O–H groups in total. The highest BCUT2D eigenvalue weighted by molar-refractivity contribution is 4.86. The molecule has 0 unspecified atom stereocenters. The summed E-state index contributed by atoms with van der Waals surface area (Å²) in [7, 11) is 0. The SMILES string of the molecule is OC[C@@H]1CN(CCCC2CCCCC2)C[C@H](O)[C@H]1O. The monoisotopic (exact) mass is 271 g/mol. The van der Waals surface area contributed by atoms with Crippen LogP contribution >= 0.6 is 0 Å². The summed E-state index contributed by atoms with van der Waals surface area (Å²) in [5, 5.41) is 28.8. The second-order valence-electron chi connectivity index (χ2n) is 6.41. The summed E-state index contributed by atoms with van der Waals surface area (Å²) in [4.78, 5) is 2.20. The molecule has 2 fully saturated rings. The molecule has 0 aromatic heterocycles. The van der Waals surface area contributed by atoms with Crippen LogP contribution in [-0.4, -0.2) is 58.7 Å². The molecular formula is C15H29NO3. The van der Waals surface area contributed by atoms with Crippen molar-refractivity contribution in [3.63, 3.8) is 0 Å². The summed E-state index contributed by atoms with van der Waals surface area (Å²) in [5.74, 6) is 0.709. The zero-order chi connectivity index (χ0) is 13.7. The first-order chi connectivity index (χ1) is 9.20.